The Morgan fingerprint density at radius 2 is 1.70 bits per heavy atom. The zero-order chi connectivity index (χ0) is 14.6. The van der Waals surface area contributed by atoms with Gasteiger partial charge in [-0.2, -0.15) is 0 Å². The van der Waals surface area contributed by atoms with Crippen LogP contribution in [-0.2, 0) is 0 Å². The molecule has 0 spiro atoms. The van der Waals surface area contributed by atoms with Crippen LogP contribution in [0.15, 0.2) is 42.1 Å². The predicted molar refractivity (Wildman–Crippen MR) is 85.9 cm³/mol. The molecule has 1 aromatic carbocycles. The van der Waals surface area contributed by atoms with Crippen molar-refractivity contribution < 1.29 is 4.79 Å². The van der Waals surface area contributed by atoms with E-state index in [0.717, 1.165) is 17.8 Å². The lowest BCUT2D eigenvalue weighted by molar-refractivity contribution is 0.104. The molecule has 2 heteroatoms. The molecule has 0 amide bonds. The molecule has 0 aliphatic heterocycles. The third-order valence-corrected chi connectivity index (χ3v) is 3.34. The summed E-state index contributed by atoms with van der Waals surface area (Å²) >= 11 is 0. The molecule has 0 aliphatic carbocycles. The standard InChI is InChI=1S/C18H27NO/c1-3-4-5-6-7-11-14-19-16(2)15-18(20)17-12-9-8-10-13-17/h8-10,12-13,15,19H,3-7,11,14H2,1-2H3. The van der Waals surface area contributed by atoms with Crippen LogP contribution in [0.4, 0.5) is 0 Å². The molecule has 0 radical (unpaired) electrons. The average Bonchev–Trinajstić information content (AvgIpc) is 2.47. The molecule has 0 unspecified atom stereocenters. The first-order valence-corrected chi connectivity index (χ1v) is 7.75. The van der Waals surface area contributed by atoms with E-state index in [4.69, 9.17) is 0 Å². The molecular formula is C18H27NO. The minimum Gasteiger partial charge on any atom is -0.388 e. The highest BCUT2D eigenvalue weighted by atomic mass is 16.1. The van der Waals surface area contributed by atoms with E-state index in [9.17, 15) is 4.79 Å². The molecule has 0 aliphatic rings. The molecule has 0 atom stereocenters. The summed E-state index contributed by atoms with van der Waals surface area (Å²) < 4.78 is 0. The molecule has 0 fully saturated rings. The van der Waals surface area contributed by atoms with Crippen molar-refractivity contribution >= 4 is 5.78 Å². The van der Waals surface area contributed by atoms with Crippen molar-refractivity contribution in [2.45, 2.75) is 52.4 Å². The van der Waals surface area contributed by atoms with Crippen molar-refractivity contribution in [2.24, 2.45) is 0 Å². The third-order valence-electron chi connectivity index (χ3n) is 3.34. The summed E-state index contributed by atoms with van der Waals surface area (Å²) in [6.07, 6.45) is 9.44. The third kappa shape index (κ3) is 7.13. The van der Waals surface area contributed by atoms with Crippen LogP contribution in [0.3, 0.4) is 0 Å². The highest BCUT2D eigenvalue weighted by molar-refractivity contribution is 6.04. The molecule has 0 saturated carbocycles. The van der Waals surface area contributed by atoms with E-state index in [0.29, 0.717) is 0 Å². The summed E-state index contributed by atoms with van der Waals surface area (Å²) in [7, 11) is 0. The maximum atomic E-state index is 11.9. The molecule has 110 valence electrons. The summed E-state index contributed by atoms with van der Waals surface area (Å²) in [5, 5.41) is 3.31. The molecule has 0 bridgehead atoms. The van der Waals surface area contributed by atoms with Crippen molar-refractivity contribution in [1.29, 1.82) is 0 Å². The molecule has 0 heterocycles. The highest BCUT2D eigenvalue weighted by Gasteiger charge is 2.01. The second-order valence-electron chi connectivity index (χ2n) is 5.25. The molecule has 20 heavy (non-hydrogen) atoms. The number of ketones is 1. The maximum absolute atomic E-state index is 11.9. The first kappa shape index (κ1) is 16.5. The molecule has 0 saturated heterocycles. The summed E-state index contributed by atoms with van der Waals surface area (Å²) in [5.74, 6) is 0.0681. The van der Waals surface area contributed by atoms with Crippen molar-refractivity contribution in [2.75, 3.05) is 6.54 Å². The summed E-state index contributed by atoms with van der Waals surface area (Å²) in [4.78, 5) is 11.9. The number of nitrogens with one attached hydrogen (secondary N) is 1. The van der Waals surface area contributed by atoms with Gasteiger partial charge in [-0.3, -0.25) is 4.79 Å². The second kappa shape index (κ2) is 10.2. The number of unbranched alkanes of at least 4 members (excludes halogenated alkanes) is 5. The average molecular weight is 273 g/mol. The van der Waals surface area contributed by atoms with E-state index in [1.807, 2.05) is 37.3 Å². The SMILES string of the molecule is CCCCCCCCNC(C)=CC(=O)c1ccccc1. The van der Waals surface area contributed by atoms with Crippen LogP contribution in [0.1, 0.15) is 62.7 Å². The van der Waals surface area contributed by atoms with Crippen LogP contribution in [0, 0.1) is 0 Å². The topological polar surface area (TPSA) is 29.1 Å². The fourth-order valence-corrected chi connectivity index (χ4v) is 2.12. The van der Waals surface area contributed by atoms with E-state index in [1.165, 1.54) is 38.5 Å². The molecule has 1 aromatic rings. The quantitative estimate of drug-likeness (QED) is 0.379. The maximum Gasteiger partial charge on any atom is 0.187 e. The van der Waals surface area contributed by atoms with E-state index in [-0.39, 0.29) is 5.78 Å². The Kier molecular flexibility index (Phi) is 8.44. The van der Waals surface area contributed by atoms with Crippen molar-refractivity contribution in [3.63, 3.8) is 0 Å². The molecule has 1 N–H and O–H groups in total. The number of allylic oxidation sites excluding steroid dienone is 2. The first-order valence-electron chi connectivity index (χ1n) is 7.75. The number of rotatable bonds is 10. The van der Waals surface area contributed by atoms with E-state index in [2.05, 4.69) is 12.2 Å². The Hall–Kier alpha value is -1.57. The van der Waals surface area contributed by atoms with Gasteiger partial charge in [-0.25, -0.2) is 0 Å². The second-order valence-corrected chi connectivity index (χ2v) is 5.25. The number of benzene rings is 1. The van der Waals surface area contributed by atoms with Gasteiger partial charge in [-0.15, -0.1) is 0 Å². The predicted octanol–water partition coefficient (Wildman–Crippen LogP) is 4.72. The molecular weight excluding hydrogens is 246 g/mol. The Balaban J connectivity index is 2.20. The van der Waals surface area contributed by atoms with Crippen LogP contribution >= 0.6 is 0 Å². The van der Waals surface area contributed by atoms with Gasteiger partial charge in [0.2, 0.25) is 0 Å². The lowest BCUT2D eigenvalue weighted by atomic mass is 10.1. The normalized spacial score (nSPS) is 11.4. The van der Waals surface area contributed by atoms with Crippen LogP contribution in [-0.4, -0.2) is 12.3 Å². The van der Waals surface area contributed by atoms with Gasteiger partial charge < -0.3 is 5.32 Å². The van der Waals surface area contributed by atoms with Crippen LogP contribution in [0.2, 0.25) is 0 Å². The lowest BCUT2D eigenvalue weighted by Crippen LogP contribution is -2.14. The summed E-state index contributed by atoms with van der Waals surface area (Å²) in [5.41, 5.74) is 1.70. The van der Waals surface area contributed by atoms with E-state index in [1.54, 1.807) is 6.08 Å². The van der Waals surface area contributed by atoms with Gasteiger partial charge in [0.1, 0.15) is 0 Å². The van der Waals surface area contributed by atoms with Gasteiger partial charge in [0.05, 0.1) is 0 Å². The Labute approximate surface area is 123 Å². The van der Waals surface area contributed by atoms with Gasteiger partial charge in [-0.05, 0) is 13.3 Å². The van der Waals surface area contributed by atoms with Gasteiger partial charge in [0.15, 0.2) is 5.78 Å². The zero-order valence-corrected chi connectivity index (χ0v) is 12.8. The Morgan fingerprint density at radius 3 is 2.40 bits per heavy atom. The van der Waals surface area contributed by atoms with E-state index >= 15 is 0 Å². The molecule has 0 aromatic heterocycles. The number of carbonyl (C=O) groups excluding carboxylic acids is 1. The monoisotopic (exact) mass is 273 g/mol. The van der Waals surface area contributed by atoms with Gasteiger partial charge >= 0.3 is 0 Å². The Morgan fingerprint density at radius 1 is 1.05 bits per heavy atom. The number of hydrogen-bond donors (Lipinski definition) is 1. The van der Waals surface area contributed by atoms with Gasteiger partial charge in [0.25, 0.3) is 0 Å². The van der Waals surface area contributed by atoms with Crippen LogP contribution in [0.25, 0.3) is 0 Å². The summed E-state index contributed by atoms with van der Waals surface area (Å²) in [6, 6.07) is 9.39. The zero-order valence-electron chi connectivity index (χ0n) is 12.8. The largest absolute Gasteiger partial charge is 0.388 e. The van der Waals surface area contributed by atoms with E-state index < -0.39 is 0 Å². The fraction of sp³-hybridized carbons (Fsp3) is 0.500. The minimum atomic E-state index is 0.0681. The van der Waals surface area contributed by atoms with Crippen molar-refractivity contribution in [1.82, 2.24) is 5.32 Å². The number of carbonyl (C=O) groups is 1. The van der Waals surface area contributed by atoms with Crippen LogP contribution < -0.4 is 5.32 Å². The van der Waals surface area contributed by atoms with Gasteiger partial charge in [-0.1, -0.05) is 69.4 Å². The van der Waals surface area contributed by atoms with Crippen LogP contribution in [0.5, 0.6) is 0 Å². The van der Waals surface area contributed by atoms with Gasteiger partial charge in [0, 0.05) is 23.9 Å². The lowest BCUT2D eigenvalue weighted by Gasteiger charge is -2.06. The molecule has 1 rings (SSSR count). The fourth-order valence-electron chi connectivity index (χ4n) is 2.12. The smallest absolute Gasteiger partial charge is 0.187 e. The first-order chi connectivity index (χ1) is 9.74. The highest BCUT2D eigenvalue weighted by Crippen LogP contribution is 2.05. The minimum absolute atomic E-state index is 0.0681. The van der Waals surface area contributed by atoms with Crippen molar-refractivity contribution in [3.05, 3.63) is 47.7 Å². The molecule has 2 nitrogen and oxygen atoms in total. The van der Waals surface area contributed by atoms with Crippen molar-refractivity contribution in [3.8, 4) is 0 Å². The summed E-state index contributed by atoms with van der Waals surface area (Å²) in [6.45, 7) is 5.15. The Bertz CT molecular complexity index is 409. The number of hydrogen-bond acceptors (Lipinski definition) is 2.